The largest absolute Gasteiger partial charge is 0.494 e. The molecule has 0 radical (unpaired) electrons. The Morgan fingerprint density at radius 3 is 2.62 bits per heavy atom. The summed E-state index contributed by atoms with van der Waals surface area (Å²) in [6, 6.07) is 16.2. The van der Waals surface area contributed by atoms with Crippen LogP contribution in [0.5, 0.6) is 5.75 Å². The van der Waals surface area contributed by atoms with E-state index in [9.17, 15) is 4.79 Å². The molecule has 0 aliphatic carbocycles. The number of nitrogens with zero attached hydrogens (tertiary/aromatic N) is 2. The molecule has 0 N–H and O–H groups in total. The molecule has 1 heterocycles. The van der Waals surface area contributed by atoms with Gasteiger partial charge in [-0.15, -0.1) is 0 Å². The predicted octanol–water partition coefficient (Wildman–Crippen LogP) is 3.61. The van der Waals surface area contributed by atoms with Gasteiger partial charge in [0.1, 0.15) is 5.75 Å². The molecule has 1 aliphatic rings. The topological polar surface area (TPSA) is 32.8 Å². The summed E-state index contributed by atoms with van der Waals surface area (Å²) in [5.74, 6) is 0.993. The van der Waals surface area contributed by atoms with Gasteiger partial charge in [0, 0.05) is 25.7 Å². The Hall–Kier alpha value is -2.33. The Morgan fingerprint density at radius 2 is 1.73 bits per heavy atom. The molecule has 3 rings (SSSR count). The Bertz CT molecular complexity index is 744. The van der Waals surface area contributed by atoms with Crippen LogP contribution in [0.25, 0.3) is 0 Å². The molecule has 1 amide bonds. The van der Waals surface area contributed by atoms with E-state index in [1.165, 1.54) is 11.1 Å². The molecule has 0 fully saturated rings. The van der Waals surface area contributed by atoms with Gasteiger partial charge in [-0.05, 0) is 68.2 Å². The van der Waals surface area contributed by atoms with Gasteiger partial charge in [0.05, 0.1) is 6.61 Å². The zero-order valence-electron chi connectivity index (χ0n) is 15.8. The van der Waals surface area contributed by atoms with Gasteiger partial charge in [-0.2, -0.15) is 0 Å². The van der Waals surface area contributed by atoms with Crippen molar-refractivity contribution in [3.63, 3.8) is 0 Å². The van der Waals surface area contributed by atoms with E-state index in [-0.39, 0.29) is 5.91 Å². The van der Waals surface area contributed by atoms with E-state index in [1.54, 1.807) is 4.90 Å². The maximum atomic E-state index is 12.8. The molecule has 0 saturated carbocycles. The van der Waals surface area contributed by atoms with E-state index in [0.29, 0.717) is 6.54 Å². The molecular formula is C22H28N2O2. The molecule has 0 unspecified atom stereocenters. The average Bonchev–Trinajstić information content (AvgIpc) is 2.65. The van der Waals surface area contributed by atoms with E-state index in [2.05, 4.69) is 30.1 Å². The Kier molecular flexibility index (Phi) is 6.29. The van der Waals surface area contributed by atoms with E-state index >= 15 is 0 Å². The summed E-state index contributed by atoms with van der Waals surface area (Å²) < 4.78 is 5.89. The highest BCUT2D eigenvalue weighted by molar-refractivity contribution is 5.94. The second kappa shape index (κ2) is 8.86. The number of hydrogen-bond donors (Lipinski definition) is 0. The minimum atomic E-state index is 0.0752. The number of ether oxygens (including phenoxy) is 1. The van der Waals surface area contributed by atoms with Crippen LogP contribution in [0.1, 0.15) is 34.3 Å². The maximum Gasteiger partial charge on any atom is 0.253 e. The van der Waals surface area contributed by atoms with Crippen molar-refractivity contribution in [2.45, 2.75) is 25.8 Å². The zero-order chi connectivity index (χ0) is 18.4. The molecule has 138 valence electrons. The molecule has 4 heteroatoms. The Morgan fingerprint density at radius 1 is 0.923 bits per heavy atom. The molecular weight excluding hydrogens is 324 g/mol. The number of benzene rings is 2. The minimum Gasteiger partial charge on any atom is -0.494 e. The monoisotopic (exact) mass is 352 g/mol. The van der Waals surface area contributed by atoms with Crippen LogP contribution in [0, 0.1) is 0 Å². The van der Waals surface area contributed by atoms with Crippen molar-refractivity contribution in [3.05, 3.63) is 65.2 Å². The number of rotatable bonds is 0. The van der Waals surface area contributed by atoms with Crippen LogP contribution in [-0.2, 0) is 13.0 Å². The predicted molar refractivity (Wildman–Crippen MR) is 105 cm³/mol. The molecule has 0 spiro atoms. The fourth-order valence-electron chi connectivity index (χ4n) is 3.28. The van der Waals surface area contributed by atoms with Crippen molar-refractivity contribution >= 4 is 5.91 Å². The van der Waals surface area contributed by atoms with Crippen LogP contribution in [0.3, 0.4) is 0 Å². The molecule has 4 bridgehead atoms. The molecule has 2 aromatic rings. The van der Waals surface area contributed by atoms with Crippen molar-refractivity contribution in [2.24, 2.45) is 0 Å². The summed E-state index contributed by atoms with van der Waals surface area (Å²) in [7, 11) is 3.99. The maximum absolute atomic E-state index is 12.8. The van der Waals surface area contributed by atoms with Crippen molar-refractivity contribution in [1.82, 2.24) is 9.80 Å². The number of carbonyl (C=O) groups is 1. The number of likely N-dealkylation sites (N-methyl/N-ethyl adjacent to an activating group) is 1. The van der Waals surface area contributed by atoms with Crippen LogP contribution in [0.4, 0.5) is 0 Å². The van der Waals surface area contributed by atoms with Crippen molar-refractivity contribution < 1.29 is 9.53 Å². The standard InChI is InChI=1S/C22H28N2O2/c1-23-12-3-4-14-26-21-10-6-7-18(16-21)11-13-24(2)22(25)20-9-5-8-19(15-20)17-23/h5-10,15-16H,3-4,11-14,17H2,1-2H3. The highest BCUT2D eigenvalue weighted by Gasteiger charge is 2.13. The van der Waals surface area contributed by atoms with Crippen LogP contribution in [0.2, 0.25) is 0 Å². The molecule has 0 aromatic heterocycles. The smallest absolute Gasteiger partial charge is 0.253 e. The molecule has 4 nitrogen and oxygen atoms in total. The van der Waals surface area contributed by atoms with Crippen LogP contribution < -0.4 is 4.74 Å². The summed E-state index contributed by atoms with van der Waals surface area (Å²) in [6.45, 7) is 3.30. The van der Waals surface area contributed by atoms with Crippen LogP contribution in [-0.4, -0.2) is 49.5 Å². The highest BCUT2D eigenvalue weighted by atomic mass is 16.5. The third kappa shape index (κ3) is 5.09. The summed E-state index contributed by atoms with van der Waals surface area (Å²) >= 11 is 0. The summed E-state index contributed by atoms with van der Waals surface area (Å²) in [5.41, 5.74) is 3.14. The van der Waals surface area contributed by atoms with Gasteiger partial charge in [0.15, 0.2) is 0 Å². The fraction of sp³-hybridized carbons (Fsp3) is 0.409. The highest BCUT2D eigenvalue weighted by Crippen LogP contribution is 2.16. The summed E-state index contributed by atoms with van der Waals surface area (Å²) in [6.07, 6.45) is 2.95. The second-order valence-electron chi connectivity index (χ2n) is 7.12. The molecule has 2 aromatic carbocycles. The lowest BCUT2D eigenvalue weighted by atomic mass is 10.1. The molecule has 0 saturated heterocycles. The number of hydrogen-bond acceptors (Lipinski definition) is 3. The average molecular weight is 352 g/mol. The van der Waals surface area contributed by atoms with E-state index in [0.717, 1.165) is 50.3 Å². The number of fused-ring (bicyclic) bond motifs is 4. The lowest BCUT2D eigenvalue weighted by Crippen LogP contribution is -2.29. The quantitative estimate of drug-likeness (QED) is 0.726. The lowest BCUT2D eigenvalue weighted by Gasteiger charge is -2.19. The van der Waals surface area contributed by atoms with Crippen LogP contribution >= 0.6 is 0 Å². The van der Waals surface area contributed by atoms with Gasteiger partial charge in [0.25, 0.3) is 5.91 Å². The van der Waals surface area contributed by atoms with E-state index < -0.39 is 0 Å². The van der Waals surface area contributed by atoms with Gasteiger partial charge in [-0.25, -0.2) is 0 Å². The van der Waals surface area contributed by atoms with Crippen molar-refractivity contribution in [1.29, 1.82) is 0 Å². The van der Waals surface area contributed by atoms with Gasteiger partial charge in [-0.1, -0.05) is 24.3 Å². The fourth-order valence-corrected chi connectivity index (χ4v) is 3.28. The normalized spacial score (nSPS) is 17.5. The van der Waals surface area contributed by atoms with Gasteiger partial charge in [-0.3, -0.25) is 4.79 Å². The Labute approximate surface area is 156 Å². The first-order valence-corrected chi connectivity index (χ1v) is 9.36. The van der Waals surface area contributed by atoms with Crippen molar-refractivity contribution in [2.75, 3.05) is 33.8 Å². The third-order valence-corrected chi connectivity index (χ3v) is 4.81. The first-order valence-electron chi connectivity index (χ1n) is 9.36. The number of amides is 1. The first-order chi connectivity index (χ1) is 12.6. The molecule has 1 aliphatic heterocycles. The van der Waals surface area contributed by atoms with Gasteiger partial charge < -0.3 is 14.5 Å². The number of carbonyl (C=O) groups excluding carboxylic acids is 1. The van der Waals surface area contributed by atoms with Gasteiger partial charge >= 0.3 is 0 Å². The molecule has 0 atom stereocenters. The molecule has 26 heavy (non-hydrogen) atoms. The van der Waals surface area contributed by atoms with Gasteiger partial charge in [0.2, 0.25) is 0 Å². The Balaban J connectivity index is 1.79. The summed E-state index contributed by atoms with van der Waals surface area (Å²) in [5, 5.41) is 0. The van der Waals surface area contributed by atoms with E-state index in [4.69, 9.17) is 4.74 Å². The van der Waals surface area contributed by atoms with Crippen LogP contribution in [0.15, 0.2) is 48.5 Å². The first kappa shape index (κ1) is 18.5. The second-order valence-corrected chi connectivity index (χ2v) is 7.12. The minimum absolute atomic E-state index is 0.0752. The van der Waals surface area contributed by atoms with Crippen molar-refractivity contribution in [3.8, 4) is 5.75 Å². The lowest BCUT2D eigenvalue weighted by molar-refractivity contribution is 0.0796. The zero-order valence-corrected chi connectivity index (χ0v) is 15.8. The third-order valence-electron chi connectivity index (χ3n) is 4.81. The SMILES string of the molecule is CN1CCCCOc2cccc(c2)CCN(C)C(=O)c2cccc(c2)C1. The van der Waals surface area contributed by atoms with E-state index in [1.807, 2.05) is 37.4 Å². The summed E-state index contributed by atoms with van der Waals surface area (Å²) in [4.78, 5) is 16.8.